The van der Waals surface area contributed by atoms with Crippen LogP contribution in [0.1, 0.15) is 5.56 Å². The van der Waals surface area contributed by atoms with E-state index < -0.39 is 0 Å². The number of hydrogen-bond acceptors (Lipinski definition) is 2. The normalized spacial score (nSPS) is 10.3. The van der Waals surface area contributed by atoms with Crippen molar-refractivity contribution in [2.24, 2.45) is 0 Å². The van der Waals surface area contributed by atoms with E-state index in [1.807, 2.05) is 24.3 Å². The zero-order valence-corrected chi connectivity index (χ0v) is 6.66. The van der Waals surface area contributed by atoms with Gasteiger partial charge in [0.25, 0.3) is 0 Å². The highest BCUT2D eigenvalue weighted by Crippen LogP contribution is 2.14. The Morgan fingerprint density at radius 2 is 2.42 bits per heavy atom. The molecule has 2 nitrogen and oxygen atoms in total. The van der Waals surface area contributed by atoms with Crippen LogP contribution in [0.2, 0.25) is 0 Å². The number of aromatic nitrogens is 1. The fraction of sp³-hybridized carbons (Fsp3) is 0.100. The van der Waals surface area contributed by atoms with Crippen molar-refractivity contribution in [1.29, 1.82) is 0 Å². The number of nitrogens with zero attached hydrogens (tertiary/aromatic N) is 1. The van der Waals surface area contributed by atoms with Crippen molar-refractivity contribution >= 4 is 11.1 Å². The minimum Gasteiger partial charge on any atom is -0.443 e. The van der Waals surface area contributed by atoms with Crippen molar-refractivity contribution in [1.82, 2.24) is 4.98 Å². The van der Waals surface area contributed by atoms with E-state index >= 15 is 0 Å². The monoisotopic (exact) mass is 159 g/mol. The zero-order valence-electron chi connectivity index (χ0n) is 6.66. The Bertz CT molecular complexity index is 403. The van der Waals surface area contributed by atoms with Gasteiger partial charge in [-0.3, -0.25) is 0 Å². The molecule has 0 atom stereocenters. The van der Waals surface area contributed by atoms with Crippen LogP contribution in [0.3, 0.4) is 0 Å². The first-order valence-electron chi connectivity index (χ1n) is 3.83. The number of oxazole rings is 1. The molecule has 2 aromatic rings. The van der Waals surface area contributed by atoms with Gasteiger partial charge >= 0.3 is 0 Å². The first-order valence-corrected chi connectivity index (χ1v) is 3.83. The molecule has 60 valence electrons. The molecular weight excluding hydrogens is 150 g/mol. The zero-order chi connectivity index (χ0) is 8.39. The van der Waals surface area contributed by atoms with E-state index in [4.69, 9.17) is 4.42 Å². The average molecular weight is 159 g/mol. The molecule has 0 aliphatic carbocycles. The summed E-state index contributed by atoms with van der Waals surface area (Å²) in [4.78, 5) is 4.06. The SMILES string of the molecule is C=CCc1ccc2ocnc2c1. The van der Waals surface area contributed by atoms with Crippen LogP contribution in [0, 0.1) is 0 Å². The van der Waals surface area contributed by atoms with Gasteiger partial charge in [0.15, 0.2) is 12.0 Å². The van der Waals surface area contributed by atoms with Crippen molar-refractivity contribution in [2.75, 3.05) is 0 Å². The molecule has 0 amide bonds. The number of rotatable bonds is 2. The van der Waals surface area contributed by atoms with Crippen LogP contribution < -0.4 is 0 Å². The van der Waals surface area contributed by atoms with Crippen molar-refractivity contribution in [2.45, 2.75) is 6.42 Å². The predicted octanol–water partition coefficient (Wildman–Crippen LogP) is 2.56. The molecule has 1 aromatic heterocycles. The Labute approximate surface area is 70.5 Å². The number of hydrogen-bond donors (Lipinski definition) is 0. The molecule has 12 heavy (non-hydrogen) atoms. The predicted molar refractivity (Wildman–Crippen MR) is 47.9 cm³/mol. The van der Waals surface area contributed by atoms with E-state index in [-0.39, 0.29) is 0 Å². The van der Waals surface area contributed by atoms with Crippen LogP contribution in [0.15, 0.2) is 41.7 Å². The van der Waals surface area contributed by atoms with Gasteiger partial charge in [-0.1, -0.05) is 12.1 Å². The minimum atomic E-state index is 0.836. The molecule has 1 heterocycles. The fourth-order valence-corrected chi connectivity index (χ4v) is 1.20. The molecule has 0 bridgehead atoms. The molecule has 0 aliphatic heterocycles. The third kappa shape index (κ3) is 1.11. The van der Waals surface area contributed by atoms with Gasteiger partial charge in [-0.2, -0.15) is 0 Å². The Hall–Kier alpha value is -1.57. The third-order valence-corrected chi connectivity index (χ3v) is 1.77. The lowest BCUT2D eigenvalue weighted by molar-refractivity contribution is 0.602. The first kappa shape index (κ1) is 7.10. The topological polar surface area (TPSA) is 26.0 Å². The van der Waals surface area contributed by atoms with Gasteiger partial charge in [-0.25, -0.2) is 4.98 Å². The van der Waals surface area contributed by atoms with Crippen molar-refractivity contribution in [3.05, 3.63) is 42.8 Å². The molecule has 0 fully saturated rings. The van der Waals surface area contributed by atoms with E-state index in [2.05, 4.69) is 11.6 Å². The second-order valence-corrected chi connectivity index (χ2v) is 2.65. The van der Waals surface area contributed by atoms with Gasteiger partial charge in [0.1, 0.15) is 5.52 Å². The van der Waals surface area contributed by atoms with E-state index in [1.54, 1.807) is 0 Å². The van der Waals surface area contributed by atoms with Crippen LogP contribution in [-0.2, 0) is 6.42 Å². The molecule has 1 aromatic carbocycles. The lowest BCUT2D eigenvalue weighted by Gasteiger charge is -1.93. The summed E-state index contributed by atoms with van der Waals surface area (Å²) in [5.74, 6) is 0. The molecule has 0 spiro atoms. The maximum Gasteiger partial charge on any atom is 0.181 e. The molecule has 0 radical (unpaired) electrons. The average Bonchev–Trinajstić information content (AvgIpc) is 2.51. The fourth-order valence-electron chi connectivity index (χ4n) is 1.20. The van der Waals surface area contributed by atoms with E-state index in [0.717, 1.165) is 17.5 Å². The molecule has 2 heteroatoms. The highest BCUT2D eigenvalue weighted by molar-refractivity contribution is 5.72. The van der Waals surface area contributed by atoms with Gasteiger partial charge in [0.05, 0.1) is 0 Å². The summed E-state index contributed by atoms with van der Waals surface area (Å²) in [5, 5.41) is 0. The van der Waals surface area contributed by atoms with Crippen LogP contribution in [-0.4, -0.2) is 4.98 Å². The molecule has 2 rings (SSSR count). The summed E-state index contributed by atoms with van der Waals surface area (Å²) >= 11 is 0. The van der Waals surface area contributed by atoms with Crippen LogP contribution in [0.25, 0.3) is 11.1 Å². The van der Waals surface area contributed by atoms with E-state index in [9.17, 15) is 0 Å². The largest absolute Gasteiger partial charge is 0.443 e. The number of allylic oxidation sites excluding steroid dienone is 1. The molecule has 0 aliphatic rings. The van der Waals surface area contributed by atoms with Gasteiger partial charge in [0.2, 0.25) is 0 Å². The quantitative estimate of drug-likeness (QED) is 0.629. The molecule has 0 unspecified atom stereocenters. The highest BCUT2D eigenvalue weighted by Gasteiger charge is 1.97. The summed E-state index contributed by atoms with van der Waals surface area (Å²) in [6.07, 6.45) is 4.21. The van der Waals surface area contributed by atoms with Gasteiger partial charge in [0, 0.05) is 0 Å². The maximum atomic E-state index is 5.11. The Kier molecular flexibility index (Phi) is 1.67. The summed E-state index contributed by atoms with van der Waals surface area (Å²) in [6.45, 7) is 3.68. The number of fused-ring (bicyclic) bond motifs is 1. The van der Waals surface area contributed by atoms with Crippen molar-refractivity contribution < 1.29 is 4.42 Å². The number of benzene rings is 1. The van der Waals surface area contributed by atoms with Gasteiger partial charge < -0.3 is 4.42 Å². The van der Waals surface area contributed by atoms with E-state index in [0.29, 0.717) is 0 Å². The van der Waals surface area contributed by atoms with E-state index in [1.165, 1.54) is 12.0 Å². The van der Waals surface area contributed by atoms with Crippen LogP contribution in [0.5, 0.6) is 0 Å². The Morgan fingerprint density at radius 3 is 3.25 bits per heavy atom. The molecule has 0 saturated heterocycles. The summed E-state index contributed by atoms with van der Waals surface area (Å²) in [5.41, 5.74) is 2.96. The minimum absolute atomic E-state index is 0.836. The first-order chi connectivity index (χ1) is 5.90. The summed E-state index contributed by atoms with van der Waals surface area (Å²) in [6, 6.07) is 5.97. The van der Waals surface area contributed by atoms with Crippen molar-refractivity contribution in [3.63, 3.8) is 0 Å². The second kappa shape index (κ2) is 2.81. The van der Waals surface area contributed by atoms with Crippen molar-refractivity contribution in [3.8, 4) is 0 Å². The van der Waals surface area contributed by atoms with Crippen LogP contribution in [0.4, 0.5) is 0 Å². The smallest absolute Gasteiger partial charge is 0.181 e. The second-order valence-electron chi connectivity index (χ2n) is 2.65. The van der Waals surface area contributed by atoms with Gasteiger partial charge in [-0.15, -0.1) is 6.58 Å². The third-order valence-electron chi connectivity index (χ3n) is 1.77. The maximum absolute atomic E-state index is 5.11. The summed E-state index contributed by atoms with van der Waals surface area (Å²) in [7, 11) is 0. The van der Waals surface area contributed by atoms with Gasteiger partial charge in [-0.05, 0) is 24.1 Å². The summed E-state index contributed by atoms with van der Waals surface area (Å²) < 4.78 is 5.11. The molecule has 0 saturated carbocycles. The molecular formula is C10H9NO. The standard InChI is InChI=1S/C10H9NO/c1-2-3-8-4-5-10-9(6-8)11-7-12-10/h2,4-7H,1,3H2. The van der Waals surface area contributed by atoms with Crippen LogP contribution >= 0.6 is 0 Å². The molecule has 0 N–H and O–H groups in total. The highest BCUT2D eigenvalue weighted by atomic mass is 16.3. The Morgan fingerprint density at radius 1 is 1.50 bits per heavy atom. The lowest BCUT2D eigenvalue weighted by Crippen LogP contribution is -1.79. The lowest BCUT2D eigenvalue weighted by atomic mass is 10.1. The Balaban J connectivity index is 2.52.